The first-order chi connectivity index (χ1) is 14.6. The molecule has 0 aliphatic carbocycles. The minimum absolute atomic E-state index is 0.0253. The van der Waals surface area contributed by atoms with Gasteiger partial charge in [-0.1, -0.05) is 29.5 Å². The predicted molar refractivity (Wildman–Crippen MR) is 118 cm³/mol. The Hall–Kier alpha value is -2.87. The molecular weight excluding hydrogens is 398 g/mol. The van der Waals surface area contributed by atoms with Gasteiger partial charge in [0, 0.05) is 42.5 Å². The zero-order valence-electron chi connectivity index (χ0n) is 17.6. The van der Waals surface area contributed by atoms with Crippen molar-refractivity contribution in [2.75, 3.05) is 25.1 Å². The number of anilines is 1. The number of methoxy groups -OCH3 is 1. The van der Waals surface area contributed by atoms with E-state index in [2.05, 4.69) is 51.0 Å². The first-order valence-corrected chi connectivity index (χ1v) is 11.0. The molecule has 2 aromatic heterocycles. The molecule has 0 atom stereocenters. The van der Waals surface area contributed by atoms with Gasteiger partial charge in [0.1, 0.15) is 5.75 Å². The quantitative estimate of drug-likeness (QED) is 0.655. The summed E-state index contributed by atoms with van der Waals surface area (Å²) in [5.74, 6) is 0.933. The Bertz CT molecular complexity index is 1000. The molecule has 1 aromatic carbocycles. The normalized spacial score (nSPS) is 14.7. The van der Waals surface area contributed by atoms with E-state index in [-0.39, 0.29) is 11.8 Å². The number of aromatic nitrogens is 3. The fourth-order valence-electron chi connectivity index (χ4n) is 3.91. The Morgan fingerprint density at radius 1 is 1.10 bits per heavy atom. The maximum atomic E-state index is 12.6. The fourth-order valence-corrected chi connectivity index (χ4v) is 4.92. The summed E-state index contributed by atoms with van der Waals surface area (Å²) in [6, 6.07) is 11.9. The van der Waals surface area contributed by atoms with Gasteiger partial charge in [0.05, 0.1) is 7.11 Å². The van der Waals surface area contributed by atoms with Crippen LogP contribution in [-0.2, 0) is 11.3 Å². The van der Waals surface area contributed by atoms with Crippen LogP contribution in [0.5, 0.6) is 5.75 Å². The monoisotopic (exact) mass is 425 g/mol. The van der Waals surface area contributed by atoms with Crippen LogP contribution in [0.2, 0.25) is 0 Å². The van der Waals surface area contributed by atoms with Crippen LogP contribution in [0.15, 0.2) is 36.4 Å². The second-order valence-electron chi connectivity index (χ2n) is 7.61. The molecule has 4 rings (SSSR count). The third-order valence-corrected chi connectivity index (χ3v) is 6.62. The molecular formula is C22H27N5O2S. The van der Waals surface area contributed by atoms with Gasteiger partial charge < -0.3 is 15.0 Å². The number of hydrogen-bond donors (Lipinski definition) is 1. The number of ether oxygens (including phenoxy) is 1. The van der Waals surface area contributed by atoms with Gasteiger partial charge in [-0.25, -0.2) is 0 Å². The SMILES string of the molecule is COc1ccccc1CNC(=O)C1CCN(c2nnc(-n3c(C)ccc3C)s2)CC1. The molecule has 8 heteroatoms. The van der Waals surface area contributed by atoms with E-state index in [1.165, 1.54) is 0 Å². The average molecular weight is 426 g/mol. The number of carbonyl (C=O) groups is 1. The molecule has 30 heavy (non-hydrogen) atoms. The zero-order valence-corrected chi connectivity index (χ0v) is 18.4. The van der Waals surface area contributed by atoms with Crippen LogP contribution in [0.1, 0.15) is 29.8 Å². The summed E-state index contributed by atoms with van der Waals surface area (Å²) in [5, 5.41) is 13.7. The summed E-state index contributed by atoms with van der Waals surface area (Å²) in [4.78, 5) is 14.9. The van der Waals surface area contributed by atoms with Gasteiger partial charge in [-0.05, 0) is 44.9 Å². The highest BCUT2D eigenvalue weighted by atomic mass is 32.1. The molecule has 7 nitrogen and oxygen atoms in total. The van der Waals surface area contributed by atoms with Crippen LogP contribution in [-0.4, -0.2) is 40.9 Å². The maximum absolute atomic E-state index is 12.6. The van der Waals surface area contributed by atoms with E-state index in [1.54, 1.807) is 18.4 Å². The van der Waals surface area contributed by atoms with Crippen LogP contribution in [0.25, 0.3) is 5.13 Å². The van der Waals surface area contributed by atoms with Crippen molar-refractivity contribution in [1.82, 2.24) is 20.1 Å². The summed E-state index contributed by atoms with van der Waals surface area (Å²) in [6.07, 6.45) is 1.63. The van der Waals surface area contributed by atoms with Gasteiger partial charge in [0.15, 0.2) is 0 Å². The van der Waals surface area contributed by atoms with Crippen LogP contribution < -0.4 is 15.0 Å². The van der Waals surface area contributed by atoms with Gasteiger partial charge in [0.25, 0.3) is 0 Å². The lowest BCUT2D eigenvalue weighted by Gasteiger charge is -2.30. The highest BCUT2D eigenvalue weighted by molar-refractivity contribution is 7.17. The number of para-hydroxylation sites is 1. The van der Waals surface area contributed by atoms with Gasteiger partial charge in [-0.15, -0.1) is 10.2 Å². The van der Waals surface area contributed by atoms with Crippen molar-refractivity contribution in [2.45, 2.75) is 33.2 Å². The van der Waals surface area contributed by atoms with E-state index in [4.69, 9.17) is 4.74 Å². The zero-order chi connectivity index (χ0) is 21.1. The van der Waals surface area contributed by atoms with Gasteiger partial charge in [-0.2, -0.15) is 0 Å². The lowest BCUT2D eigenvalue weighted by Crippen LogP contribution is -2.40. The third-order valence-electron chi connectivity index (χ3n) is 5.65. The molecule has 158 valence electrons. The number of carbonyl (C=O) groups excluding carboxylic acids is 1. The van der Waals surface area contributed by atoms with E-state index in [9.17, 15) is 4.79 Å². The number of amides is 1. The number of nitrogens with one attached hydrogen (secondary N) is 1. The molecule has 1 saturated heterocycles. The molecule has 0 unspecified atom stereocenters. The number of nitrogens with zero attached hydrogens (tertiary/aromatic N) is 4. The van der Waals surface area contributed by atoms with E-state index < -0.39 is 0 Å². The van der Waals surface area contributed by atoms with Crippen molar-refractivity contribution >= 4 is 22.4 Å². The van der Waals surface area contributed by atoms with E-state index >= 15 is 0 Å². The highest BCUT2D eigenvalue weighted by Gasteiger charge is 2.27. The van der Waals surface area contributed by atoms with Crippen molar-refractivity contribution in [1.29, 1.82) is 0 Å². The second kappa shape index (κ2) is 8.87. The Balaban J connectivity index is 1.32. The summed E-state index contributed by atoms with van der Waals surface area (Å²) < 4.78 is 7.48. The first kappa shape index (κ1) is 20.4. The largest absolute Gasteiger partial charge is 0.496 e. The second-order valence-corrected chi connectivity index (χ2v) is 8.54. The Kier molecular flexibility index (Phi) is 6.03. The molecule has 1 aliphatic heterocycles. The van der Waals surface area contributed by atoms with Gasteiger partial charge in [0.2, 0.25) is 16.2 Å². The van der Waals surface area contributed by atoms with Crippen LogP contribution >= 0.6 is 11.3 Å². The van der Waals surface area contributed by atoms with Crippen molar-refractivity contribution < 1.29 is 9.53 Å². The molecule has 1 amide bonds. The van der Waals surface area contributed by atoms with Gasteiger partial charge in [-0.3, -0.25) is 9.36 Å². The van der Waals surface area contributed by atoms with Gasteiger partial charge >= 0.3 is 0 Å². The average Bonchev–Trinajstić information content (AvgIpc) is 3.38. The number of aryl methyl sites for hydroxylation is 2. The minimum atomic E-state index is 0.0253. The molecule has 1 aliphatic rings. The molecule has 0 bridgehead atoms. The fraction of sp³-hybridized carbons (Fsp3) is 0.409. The Morgan fingerprint density at radius 3 is 2.47 bits per heavy atom. The summed E-state index contributed by atoms with van der Waals surface area (Å²) in [7, 11) is 1.65. The smallest absolute Gasteiger partial charge is 0.223 e. The first-order valence-electron chi connectivity index (χ1n) is 10.2. The highest BCUT2D eigenvalue weighted by Crippen LogP contribution is 2.29. The minimum Gasteiger partial charge on any atom is -0.496 e. The number of rotatable bonds is 6. The molecule has 1 fully saturated rings. The molecule has 3 aromatic rings. The van der Waals surface area contributed by atoms with E-state index in [0.717, 1.165) is 58.9 Å². The molecule has 0 spiro atoms. The van der Waals surface area contributed by atoms with Crippen molar-refractivity contribution in [3.05, 3.63) is 53.3 Å². The summed E-state index contributed by atoms with van der Waals surface area (Å²) in [5.41, 5.74) is 3.30. The van der Waals surface area contributed by atoms with Crippen molar-refractivity contribution in [3.63, 3.8) is 0 Å². The maximum Gasteiger partial charge on any atom is 0.223 e. The molecule has 3 heterocycles. The van der Waals surface area contributed by atoms with Crippen LogP contribution in [0.4, 0.5) is 5.13 Å². The summed E-state index contributed by atoms with van der Waals surface area (Å²) in [6.45, 7) is 6.25. The van der Waals surface area contributed by atoms with Crippen molar-refractivity contribution in [3.8, 4) is 10.9 Å². The third kappa shape index (κ3) is 4.18. The standard InChI is InChI=1S/C22H27N5O2S/c1-15-8-9-16(2)27(15)22-25-24-21(30-22)26-12-10-17(11-13-26)20(28)23-14-18-6-4-5-7-19(18)29-3/h4-9,17H,10-14H2,1-3H3,(H,23,28). The number of hydrogen-bond acceptors (Lipinski definition) is 6. The van der Waals surface area contributed by atoms with E-state index in [0.29, 0.717) is 6.54 Å². The van der Waals surface area contributed by atoms with E-state index in [1.807, 2.05) is 24.3 Å². The predicted octanol–water partition coefficient (Wildman–Crippen LogP) is 3.49. The van der Waals surface area contributed by atoms with Crippen LogP contribution in [0, 0.1) is 19.8 Å². The Labute approximate surface area is 180 Å². The topological polar surface area (TPSA) is 72.3 Å². The molecule has 0 saturated carbocycles. The lowest BCUT2D eigenvalue weighted by molar-refractivity contribution is -0.125. The van der Waals surface area contributed by atoms with Crippen LogP contribution in [0.3, 0.4) is 0 Å². The number of benzene rings is 1. The summed E-state index contributed by atoms with van der Waals surface area (Å²) >= 11 is 1.60. The lowest BCUT2D eigenvalue weighted by atomic mass is 9.96. The number of piperidine rings is 1. The molecule has 0 radical (unpaired) electrons. The Morgan fingerprint density at radius 2 is 1.77 bits per heavy atom. The van der Waals surface area contributed by atoms with Crippen molar-refractivity contribution in [2.24, 2.45) is 5.92 Å². The molecule has 1 N–H and O–H groups in total.